The maximum atomic E-state index is 12.7. The fourth-order valence-electron chi connectivity index (χ4n) is 4.65. The Kier molecular flexibility index (Phi) is 7.18. The first-order chi connectivity index (χ1) is 16.7. The molecule has 2 atom stereocenters. The van der Waals surface area contributed by atoms with Gasteiger partial charge in [0, 0.05) is 38.8 Å². The third kappa shape index (κ3) is 5.81. The Morgan fingerprint density at radius 3 is 2.50 bits per heavy atom. The Morgan fingerprint density at radius 1 is 1.03 bits per heavy atom. The molecule has 1 saturated heterocycles. The number of aliphatic hydroxyl groups excluding tert-OH is 1. The molecule has 2 fully saturated rings. The van der Waals surface area contributed by atoms with E-state index in [9.17, 15) is 9.90 Å². The summed E-state index contributed by atoms with van der Waals surface area (Å²) in [6, 6.07) is 15.2. The lowest BCUT2D eigenvalue weighted by Gasteiger charge is -2.37. The van der Waals surface area contributed by atoms with E-state index in [4.69, 9.17) is 14.2 Å². The van der Waals surface area contributed by atoms with Crippen molar-refractivity contribution in [3.05, 3.63) is 59.7 Å². The second-order valence-corrected chi connectivity index (χ2v) is 9.23. The zero-order chi connectivity index (χ0) is 23.3. The average Bonchev–Trinajstić information content (AvgIpc) is 3.73. The number of carbonyl (C=O) groups is 1. The number of nitrogens with one attached hydrogen (secondary N) is 1. The van der Waals surface area contributed by atoms with Gasteiger partial charge in [-0.25, -0.2) is 4.79 Å². The number of piperazine rings is 1. The molecular formula is C26H33N3O5. The van der Waals surface area contributed by atoms with Gasteiger partial charge in [0.1, 0.15) is 25.9 Å². The molecule has 1 aliphatic carbocycles. The van der Waals surface area contributed by atoms with E-state index in [1.54, 1.807) is 6.07 Å². The smallest absolute Gasteiger partial charge is 0.407 e. The van der Waals surface area contributed by atoms with Gasteiger partial charge in [-0.05, 0) is 36.1 Å². The van der Waals surface area contributed by atoms with Crippen molar-refractivity contribution in [1.29, 1.82) is 0 Å². The maximum Gasteiger partial charge on any atom is 0.407 e. The summed E-state index contributed by atoms with van der Waals surface area (Å²) >= 11 is 0. The van der Waals surface area contributed by atoms with Crippen molar-refractivity contribution in [2.45, 2.75) is 37.6 Å². The summed E-state index contributed by atoms with van der Waals surface area (Å²) in [7, 11) is 0. The van der Waals surface area contributed by atoms with Gasteiger partial charge in [-0.1, -0.05) is 36.4 Å². The van der Waals surface area contributed by atoms with Crippen molar-refractivity contribution in [2.24, 2.45) is 0 Å². The first-order valence-corrected chi connectivity index (χ1v) is 12.2. The Morgan fingerprint density at radius 2 is 1.76 bits per heavy atom. The molecule has 8 heteroatoms. The summed E-state index contributed by atoms with van der Waals surface area (Å²) in [5.41, 5.74) is 1.59. The number of hydrogen-bond acceptors (Lipinski definition) is 7. The zero-order valence-electron chi connectivity index (χ0n) is 19.4. The number of benzene rings is 2. The molecule has 2 N–H and O–H groups in total. The lowest BCUT2D eigenvalue weighted by molar-refractivity contribution is 0.0651. The van der Waals surface area contributed by atoms with Crippen molar-refractivity contribution in [1.82, 2.24) is 15.1 Å². The number of amides is 1. The van der Waals surface area contributed by atoms with Crippen LogP contribution in [0, 0.1) is 0 Å². The first kappa shape index (κ1) is 23.0. The second kappa shape index (κ2) is 10.6. The van der Waals surface area contributed by atoms with E-state index in [2.05, 4.69) is 15.1 Å². The van der Waals surface area contributed by atoms with Crippen molar-refractivity contribution >= 4 is 6.09 Å². The summed E-state index contributed by atoms with van der Waals surface area (Å²) in [6.07, 6.45) is 1.16. The van der Waals surface area contributed by atoms with Crippen LogP contribution < -0.4 is 14.8 Å². The maximum absolute atomic E-state index is 12.7. The predicted molar refractivity (Wildman–Crippen MR) is 127 cm³/mol. The van der Waals surface area contributed by atoms with E-state index >= 15 is 0 Å². The number of aliphatic hydroxyl groups is 1. The highest BCUT2D eigenvalue weighted by Gasteiger charge is 2.33. The number of alkyl carbamates (subject to hydrolysis) is 1. The van der Waals surface area contributed by atoms with Gasteiger partial charge in [0.15, 0.2) is 11.5 Å². The topological polar surface area (TPSA) is 83.5 Å². The van der Waals surface area contributed by atoms with Crippen LogP contribution in [0.3, 0.4) is 0 Å². The number of fused-ring (bicyclic) bond motifs is 1. The number of nitrogens with zero attached hydrogens (tertiary/aromatic N) is 2. The zero-order valence-corrected chi connectivity index (χ0v) is 19.4. The minimum atomic E-state index is -0.915. The summed E-state index contributed by atoms with van der Waals surface area (Å²) in [6.45, 7) is 5.59. The van der Waals surface area contributed by atoms with Gasteiger partial charge in [0.2, 0.25) is 0 Å². The van der Waals surface area contributed by atoms with Gasteiger partial charge in [-0.2, -0.15) is 0 Å². The molecule has 0 bridgehead atoms. The normalized spacial score (nSPS) is 20.4. The predicted octanol–water partition coefficient (Wildman–Crippen LogP) is 2.57. The highest BCUT2D eigenvalue weighted by atomic mass is 16.6. The van der Waals surface area contributed by atoms with Crippen LogP contribution in [-0.4, -0.2) is 79.0 Å². The van der Waals surface area contributed by atoms with E-state index in [1.165, 1.54) is 12.8 Å². The molecule has 182 valence electrons. The van der Waals surface area contributed by atoms with Gasteiger partial charge in [0.05, 0.1) is 6.04 Å². The number of hydrogen-bond donors (Lipinski definition) is 2. The molecule has 2 heterocycles. The highest BCUT2D eigenvalue weighted by Crippen LogP contribution is 2.34. The van der Waals surface area contributed by atoms with Crippen molar-refractivity contribution in [2.75, 3.05) is 45.9 Å². The Hall–Kier alpha value is -2.81. The monoisotopic (exact) mass is 467 g/mol. The fourth-order valence-corrected chi connectivity index (χ4v) is 4.65. The van der Waals surface area contributed by atoms with Crippen LogP contribution in [-0.2, 0) is 11.3 Å². The van der Waals surface area contributed by atoms with E-state index < -0.39 is 18.2 Å². The van der Waals surface area contributed by atoms with Crippen LogP contribution in [0.4, 0.5) is 4.79 Å². The molecular weight excluding hydrogens is 434 g/mol. The van der Waals surface area contributed by atoms with Gasteiger partial charge in [-0.15, -0.1) is 0 Å². The molecule has 0 spiro atoms. The summed E-state index contributed by atoms with van der Waals surface area (Å²) in [5.74, 6) is 1.29. The number of ether oxygens (including phenoxy) is 3. The van der Waals surface area contributed by atoms with Crippen LogP contribution >= 0.6 is 0 Å². The van der Waals surface area contributed by atoms with Crippen LogP contribution in [0.5, 0.6) is 11.5 Å². The summed E-state index contributed by atoms with van der Waals surface area (Å²) in [5, 5.41) is 14.2. The number of rotatable bonds is 8. The van der Waals surface area contributed by atoms with Crippen LogP contribution in [0.2, 0.25) is 0 Å². The lowest BCUT2D eigenvalue weighted by Crippen LogP contribution is -2.53. The van der Waals surface area contributed by atoms with E-state index in [0.29, 0.717) is 36.8 Å². The van der Waals surface area contributed by atoms with Crippen molar-refractivity contribution in [3.63, 3.8) is 0 Å². The molecule has 0 radical (unpaired) electrons. The van der Waals surface area contributed by atoms with Crippen molar-refractivity contribution < 1.29 is 24.1 Å². The highest BCUT2D eigenvalue weighted by molar-refractivity contribution is 5.67. The molecule has 2 aliphatic heterocycles. The second-order valence-electron chi connectivity index (χ2n) is 9.23. The molecule has 2 aromatic rings. The molecule has 34 heavy (non-hydrogen) atoms. The summed E-state index contributed by atoms with van der Waals surface area (Å²) < 4.78 is 16.7. The molecule has 5 rings (SSSR count). The van der Waals surface area contributed by atoms with E-state index in [-0.39, 0.29) is 6.61 Å². The van der Waals surface area contributed by atoms with Gasteiger partial charge >= 0.3 is 6.09 Å². The van der Waals surface area contributed by atoms with Gasteiger partial charge in [0.25, 0.3) is 0 Å². The van der Waals surface area contributed by atoms with Crippen LogP contribution in [0.25, 0.3) is 0 Å². The van der Waals surface area contributed by atoms with Crippen LogP contribution in [0.1, 0.15) is 30.1 Å². The van der Waals surface area contributed by atoms with Crippen molar-refractivity contribution in [3.8, 4) is 11.5 Å². The van der Waals surface area contributed by atoms with Gasteiger partial charge in [-0.3, -0.25) is 9.80 Å². The Balaban J connectivity index is 1.25. The molecule has 1 saturated carbocycles. The standard InChI is InChI=1S/C26H33N3O5/c30-25(20-6-9-23-24(16-20)33-15-14-32-23)22(17-28-10-12-29(13-11-28)21-7-8-21)27-26(31)34-18-19-4-2-1-3-5-19/h1-6,9,16,21-22,25,30H,7-8,10-15,17-18H2,(H,27,31)/t22-,25-/m1/s1. The third-order valence-electron chi connectivity index (χ3n) is 6.73. The third-order valence-corrected chi connectivity index (χ3v) is 6.73. The molecule has 3 aliphatic rings. The molecule has 8 nitrogen and oxygen atoms in total. The molecule has 0 unspecified atom stereocenters. The van der Waals surface area contributed by atoms with Gasteiger partial charge < -0.3 is 24.6 Å². The Labute approximate surface area is 200 Å². The lowest BCUT2D eigenvalue weighted by atomic mass is 10.0. The largest absolute Gasteiger partial charge is 0.486 e. The average molecular weight is 468 g/mol. The first-order valence-electron chi connectivity index (χ1n) is 12.2. The molecule has 1 amide bonds. The fraction of sp³-hybridized carbons (Fsp3) is 0.500. The van der Waals surface area contributed by atoms with Crippen LogP contribution in [0.15, 0.2) is 48.5 Å². The minimum Gasteiger partial charge on any atom is -0.486 e. The Bertz CT molecular complexity index is 960. The van der Waals surface area contributed by atoms with E-state index in [1.807, 2.05) is 42.5 Å². The summed E-state index contributed by atoms with van der Waals surface area (Å²) in [4.78, 5) is 17.5. The minimum absolute atomic E-state index is 0.180. The quantitative estimate of drug-likeness (QED) is 0.617. The number of carbonyl (C=O) groups excluding carboxylic acids is 1. The SMILES string of the molecule is O=C(N[C@H](CN1CCN(C2CC2)CC1)[C@H](O)c1ccc2c(c1)OCCO2)OCc1ccccc1. The van der Waals surface area contributed by atoms with E-state index in [0.717, 1.165) is 37.8 Å². The molecule has 0 aromatic heterocycles. The molecule has 2 aromatic carbocycles.